The third kappa shape index (κ3) is 7.09. The lowest BCUT2D eigenvalue weighted by atomic mass is 9.97. The van der Waals surface area contributed by atoms with E-state index in [2.05, 4.69) is 5.32 Å². The van der Waals surface area contributed by atoms with Gasteiger partial charge in [0.25, 0.3) is 5.91 Å². The molecule has 0 spiro atoms. The van der Waals surface area contributed by atoms with Crippen LogP contribution in [0.4, 0.5) is 26.3 Å². The molecule has 0 saturated heterocycles. The van der Waals surface area contributed by atoms with E-state index in [1.54, 1.807) is 24.3 Å². The number of aromatic hydroxyl groups is 1. The Hall–Kier alpha value is -4.80. The number of phenols is 1. The Bertz CT molecular complexity index is 1580. The topological polar surface area (TPSA) is 75.6 Å². The molecule has 5 nitrogen and oxygen atoms in total. The molecular formula is C31H23F6NO4. The fraction of sp³-hybridized carbons (Fsp3) is 0.161. The van der Waals surface area contributed by atoms with Gasteiger partial charge in [-0.2, -0.15) is 26.3 Å². The SMILES string of the molecule is COC(=O)CC(NC(=O)c1cc(-c2ccc(C(F)(F)F)cc2)ccc1O)c1ccc(-c2cccc(C(F)(F)F)c2)cc1. The Morgan fingerprint density at radius 3 is 1.86 bits per heavy atom. The number of hydrogen-bond acceptors (Lipinski definition) is 4. The molecule has 0 bridgehead atoms. The van der Waals surface area contributed by atoms with Crippen molar-refractivity contribution in [3.8, 4) is 28.0 Å². The summed E-state index contributed by atoms with van der Waals surface area (Å²) in [6, 6.07) is 18.2. The number of nitrogens with one attached hydrogen (secondary N) is 1. The first-order valence-corrected chi connectivity index (χ1v) is 12.4. The summed E-state index contributed by atoms with van der Waals surface area (Å²) in [5.74, 6) is -1.85. The highest BCUT2D eigenvalue weighted by molar-refractivity contribution is 5.98. The molecule has 1 amide bonds. The van der Waals surface area contributed by atoms with Gasteiger partial charge in [-0.25, -0.2) is 0 Å². The number of benzene rings is 4. The number of carbonyl (C=O) groups is 2. The van der Waals surface area contributed by atoms with Gasteiger partial charge in [0.1, 0.15) is 5.75 Å². The van der Waals surface area contributed by atoms with E-state index < -0.39 is 47.1 Å². The number of carbonyl (C=O) groups excluding carboxylic acids is 2. The first-order chi connectivity index (χ1) is 19.8. The van der Waals surface area contributed by atoms with E-state index in [-0.39, 0.29) is 12.0 Å². The third-order valence-electron chi connectivity index (χ3n) is 6.53. The van der Waals surface area contributed by atoms with Gasteiger partial charge in [-0.05, 0) is 64.2 Å². The number of halogens is 6. The molecule has 4 aromatic carbocycles. The molecular weight excluding hydrogens is 564 g/mol. The molecule has 4 aromatic rings. The number of ether oxygens (including phenoxy) is 1. The minimum absolute atomic E-state index is 0.192. The van der Waals surface area contributed by atoms with Crippen LogP contribution in [0.1, 0.15) is 39.5 Å². The molecule has 0 aliphatic carbocycles. The van der Waals surface area contributed by atoms with Crippen LogP contribution in [0.2, 0.25) is 0 Å². The minimum Gasteiger partial charge on any atom is -0.507 e. The predicted octanol–water partition coefficient (Wildman–Crippen LogP) is 7.80. The second kappa shape index (κ2) is 12.0. The summed E-state index contributed by atoms with van der Waals surface area (Å²) in [5, 5.41) is 13.0. The van der Waals surface area contributed by atoms with Crippen LogP contribution in [-0.4, -0.2) is 24.1 Å². The molecule has 0 radical (unpaired) electrons. The molecule has 0 fully saturated rings. The average Bonchev–Trinajstić information content (AvgIpc) is 2.96. The molecule has 218 valence electrons. The van der Waals surface area contributed by atoms with Crippen LogP contribution in [-0.2, 0) is 21.9 Å². The van der Waals surface area contributed by atoms with Crippen molar-refractivity contribution < 1.29 is 45.8 Å². The van der Waals surface area contributed by atoms with Crippen molar-refractivity contribution in [2.24, 2.45) is 0 Å². The van der Waals surface area contributed by atoms with E-state index in [1.807, 2.05) is 0 Å². The first kappa shape index (κ1) is 30.2. The van der Waals surface area contributed by atoms with Gasteiger partial charge in [-0.15, -0.1) is 0 Å². The van der Waals surface area contributed by atoms with Gasteiger partial charge in [0.15, 0.2) is 0 Å². The second-order valence-corrected chi connectivity index (χ2v) is 9.31. The highest BCUT2D eigenvalue weighted by atomic mass is 19.4. The summed E-state index contributed by atoms with van der Waals surface area (Å²) < 4.78 is 82.9. The predicted molar refractivity (Wildman–Crippen MR) is 142 cm³/mol. The zero-order chi connectivity index (χ0) is 30.7. The number of methoxy groups -OCH3 is 1. The van der Waals surface area contributed by atoms with E-state index in [0.29, 0.717) is 27.8 Å². The van der Waals surface area contributed by atoms with E-state index >= 15 is 0 Å². The molecule has 2 N–H and O–H groups in total. The van der Waals surface area contributed by atoms with Gasteiger partial charge in [-0.1, -0.05) is 54.6 Å². The van der Waals surface area contributed by atoms with E-state index in [1.165, 1.54) is 42.5 Å². The van der Waals surface area contributed by atoms with E-state index in [4.69, 9.17) is 4.74 Å². The summed E-state index contributed by atoms with van der Waals surface area (Å²) in [4.78, 5) is 25.4. The maximum absolute atomic E-state index is 13.2. The number of amides is 1. The summed E-state index contributed by atoms with van der Waals surface area (Å²) in [6.45, 7) is 0. The summed E-state index contributed by atoms with van der Waals surface area (Å²) in [7, 11) is 1.16. The highest BCUT2D eigenvalue weighted by Crippen LogP contribution is 2.34. The van der Waals surface area contributed by atoms with Crippen molar-refractivity contribution in [2.75, 3.05) is 7.11 Å². The highest BCUT2D eigenvalue weighted by Gasteiger charge is 2.31. The van der Waals surface area contributed by atoms with Crippen molar-refractivity contribution >= 4 is 11.9 Å². The standard InChI is InChI=1S/C31H23F6NO4/c1-42-28(40)17-26(20-7-5-18(6-8-20)21-3-2-4-24(15-21)31(35,36)37)38-29(41)25-16-22(11-14-27(25)39)19-9-12-23(13-10-19)30(32,33)34/h2-16,26,39H,17H2,1H3,(H,38,41). The monoisotopic (exact) mass is 587 g/mol. The molecule has 1 unspecified atom stereocenters. The Morgan fingerprint density at radius 1 is 0.738 bits per heavy atom. The van der Waals surface area contributed by atoms with Crippen LogP contribution in [0.3, 0.4) is 0 Å². The zero-order valence-electron chi connectivity index (χ0n) is 21.9. The lowest BCUT2D eigenvalue weighted by Gasteiger charge is -2.19. The quantitative estimate of drug-likeness (QED) is 0.171. The smallest absolute Gasteiger partial charge is 0.416 e. The van der Waals surface area contributed by atoms with E-state index in [0.717, 1.165) is 31.4 Å². The summed E-state index contributed by atoms with van der Waals surface area (Å²) in [5.41, 5.74) is 0.108. The average molecular weight is 588 g/mol. The van der Waals surface area contributed by atoms with Crippen molar-refractivity contribution in [2.45, 2.75) is 24.8 Å². The fourth-order valence-corrected chi connectivity index (χ4v) is 4.27. The molecule has 0 aliphatic heterocycles. The number of phenolic OH excluding ortho intramolecular Hbond substituents is 1. The van der Waals surface area contributed by atoms with Crippen LogP contribution in [0.25, 0.3) is 22.3 Å². The molecule has 42 heavy (non-hydrogen) atoms. The molecule has 4 rings (SSSR count). The molecule has 1 atom stereocenters. The van der Waals surface area contributed by atoms with Gasteiger partial charge in [0.05, 0.1) is 36.3 Å². The lowest BCUT2D eigenvalue weighted by molar-refractivity contribution is -0.141. The van der Waals surface area contributed by atoms with E-state index in [9.17, 15) is 41.0 Å². The second-order valence-electron chi connectivity index (χ2n) is 9.31. The number of esters is 1. The Balaban J connectivity index is 1.60. The molecule has 11 heteroatoms. The molecule has 0 heterocycles. The van der Waals surface area contributed by atoms with Gasteiger partial charge in [-0.3, -0.25) is 9.59 Å². The zero-order valence-corrected chi connectivity index (χ0v) is 21.9. The Kier molecular flexibility index (Phi) is 8.60. The fourth-order valence-electron chi connectivity index (χ4n) is 4.27. The Morgan fingerprint density at radius 2 is 1.29 bits per heavy atom. The molecule has 0 saturated carbocycles. The normalized spacial score (nSPS) is 12.5. The van der Waals surface area contributed by atoms with Crippen molar-refractivity contribution in [1.82, 2.24) is 5.32 Å². The van der Waals surface area contributed by atoms with Gasteiger partial charge in [0.2, 0.25) is 0 Å². The first-order valence-electron chi connectivity index (χ1n) is 12.4. The molecule has 0 aromatic heterocycles. The minimum atomic E-state index is -4.52. The number of rotatable bonds is 7. The molecule has 0 aliphatic rings. The van der Waals surface area contributed by atoms with Gasteiger partial charge >= 0.3 is 18.3 Å². The van der Waals surface area contributed by atoms with Crippen LogP contribution in [0.5, 0.6) is 5.75 Å². The maximum atomic E-state index is 13.2. The Labute approximate surface area is 236 Å². The van der Waals surface area contributed by atoms with Crippen LogP contribution in [0, 0.1) is 0 Å². The van der Waals surface area contributed by atoms with Crippen molar-refractivity contribution in [3.63, 3.8) is 0 Å². The van der Waals surface area contributed by atoms with Gasteiger partial charge < -0.3 is 15.2 Å². The maximum Gasteiger partial charge on any atom is 0.416 e. The largest absolute Gasteiger partial charge is 0.507 e. The van der Waals surface area contributed by atoms with Gasteiger partial charge in [0, 0.05) is 0 Å². The number of alkyl halides is 6. The summed E-state index contributed by atoms with van der Waals surface area (Å²) in [6.07, 6.45) is -9.33. The van der Waals surface area contributed by atoms with Crippen molar-refractivity contribution in [1.29, 1.82) is 0 Å². The van der Waals surface area contributed by atoms with Crippen LogP contribution < -0.4 is 5.32 Å². The lowest BCUT2D eigenvalue weighted by Crippen LogP contribution is -2.30. The van der Waals surface area contributed by atoms with Crippen molar-refractivity contribution in [3.05, 3.63) is 113 Å². The number of hydrogen-bond donors (Lipinski definition) is 2. The van der Waals surface area contributed by atoms with Crippen LogP contribution >= 0.6 is 0 Å². The third-order valence-corrected chi connectivity index (χ3v) is 6.53. The van der Waals surface area contributed by atoms with Crippen LogP contribution in [0.15, 0.2) is 91.0 Å². The summed E-state index contributed by atoms with van der Waals surface area (Å²) >= 11 is 0.